The van der Waals surface area contributed by atoms with E-state index in [1.807, 2.05) is 60.2 Å². The first-order valence-electron chi connectivity index (χ1n) is 11.4. The molecule has 0 atom stereocenters. The van der Waals surface area contributed by atoms with E-state index in [0.717, 1.165) is 44.9 Å². The van der Waals surface area contributed by atoms with Crippen LogP contribution in [0.5, 0.6) is 0 Å². The van der Waals surface area contributed by atoms with E-state index in [2.05, 4.69) is 30.1 Å². The number of H-pyrrole nitrogens is 1. The largest absolute Gasteiger partial charge is 0.360 e. The van der Waals surface area contributed by atoms with Gasteiger partial charge in [0, 0.05) is 42.3 Å². The van der Waals surface area contributed by atoms with E-state index in [1.165, 1.54) is 6.33 Å². The number of aromatic nitrogens is 7. The third-order valence-electron chi connectivity index (χ3n) is 5.91. The first kappa shape index (κ1) is 21.6. The molecule has 1 aromatic carbocycles. The van der Waals surface area contributed by atoms with Crippen molar-refractivity contribution in [1.82, 2.24) is 34.6 Å². The van der Waals surface area contributed by atoms with Gasteiger partial charge in [0.05, 0.1) is 17.5 Å². The van der Waals surface area contributed by atoms with Gasteiger partial charge in [-0.05, 0) is 36.2 Å². The van der Waals surface area contributed by atoms with Gasteiger partial charge < -0.3 is 9.51 Å². The van der Waals surface area contributed by atoms with Gasteiger partial charge in [0.2, 0.25) is 0 Å². The fraction of sp³-hybridized carbons (Fsp3) is 0.111. The number of hydrogen-bond acceptors (Lipinski definition) is 7. The maximum absolute atomic E-state index is 12.6. The fourth-order valence-corrected chi connectivity index (χ4v) is 4.16. The van der Waals surface area contributed by atoms with Gasteiger partial charge in [-0.2, -0.15) is 0 Å². The molecular weight excluding hydrogens is 454 g/mol. The predicted octanol–water partition coefficient (Wildman–Crippen LogP) is 4.52. The van der Waals surface area contributed by atoms with Gasteiger partial charge >= 0.3 is 0 Å². The minimum atomic E-state index is 0.0535. The number of nitrogens with zero attached hydrogens (tertiary/aromatic N) is 6. The van der Waals surface area contributed by atoms with Crippen molar-refractivity contribution in [3.05, 3.63) is 96.8 Å². The molecule has 5 heterocycles. The summed E-state index contributed by atoms with van der Waals surface area (Å²) in [5.41, 5.74) is 6.04. The number of aromatic amines is 1. The van der Waals surface area contributed by atoms with Crippen LogP contribution in [0.25, 0.3) is 39.4 Å². The van der Waals surface area contributed by atoms with Crippen LogP contribution in [-0.2, 0) is 17.6 Å². The molecule has 0 spiro atoms. The number of imidazole rings is 1. The van der Waals surface area contributed by atoms with Crippen molar-refractivity contribution < 1.29 is 9.32 Å². The lowest BCUT2D eigenvalue weighted by Crippen LogP contribution is -2.05. The number of hydrogen-bond donors (Lipinski definition) is 1. The highest BCUT2D eigenvalue weighted by molar-refractivity contribution is 5.88. The SMILES string of the molecule is Cc1cn(-c2ncnc3[nH]c(-c4ccc(CC(=O)Cc5cc(-c6cccnc6)no5)cc4)cc23)cn1. The lowest BCUT2D eigenvalue weighted by Gasteiger charge is -2.02. The van der Waals surface area contributed by atoms with Crippen LogP contribution < -0.4 is 0 Å². The summed E-state index contributed by atoms with van der Waals surface area (Å²) in [6, 6.07) is 15.5. The molecular formula is C27H21N7O2. The summed E-state index contributed by atoms with van der Waals surface area (Å²) >= 11 is 0. The van der Waals surface area contributed by atoms with E-state index in [0.29, 0.717) is 17.9 Å². The van der Waals surface area contributed by atoms with E-state index in [-0.39, 0.29) is 12.2 Å². The van der Waals surface area contributed by atoms with Crippen LogP contribution >= 0.6 is 0 Å². The van der Waals surface area contributed by atoms with Crippen LogP contribution in [0.1, 0.15) is 17.0 Å². The molecule has 0 saturated carbocycles. The standard InChI is InChI=1S/C27H21N7O2/c1-17-14-34(16-31-17)27-23-12-24(32-26(23)29-15-30-27)19-6-4-18(5-7-19)9-21(35)10-22-11-25(33-36-22)20-3-2-8-28-13-20/h2-8,11-16H,9-10H2,1H3,(H,29,30,32). The summed E-state index contributed by atoms with van der Waals surface area (Å²) in [5.74, 6) is 1.36. The Kier molecular flexibility index (Phi) is 5.42. The van der Waals surface area contributed by atoms with Gasteiger partial charge in [0.25, 0.3) is 0 Å². The van der Waals surface area contributed by atoms with Gasteiger partial charge in [0.15, 0.2) is 5.82 Å². The zero-order valence-corrected chi connectivity index (χ0v) is 19.4. The number of rotatable bonds is 7. The van der Waals surface area contributed by atoms with E-state index in [4.69, 9.17) is 4.52 Å². The molecule has 6 aromatic rings. The van der Waals surface area contributed by atoms with Crippen molar-refractivity contribution >= 4 is 16.8 Å². The molecule has 0 radical (unpaired) electrons. The average Bonchev–Trinajstić information content (AvgIpc) is 3.64. The molecule has 0 aliphatic heterocycles. The summed E-state index contributed by atoms with van der Waals surface area (Å²) in [6.07, 6.45) is 9.12. The number of carbonyl (C=O) groups is 1. The van der Waals surface area contributed by atoms with E-state index in [9.17, 15) is 4.79 Å². The van der Waals surface area contributed by atoms with Crippen LogP contribution in [0, 0.1) is 6.92 Å². The molecule has 0 unspecified atom stereocenters. The lowest BCUT2D eigenvalue weighted by molar-refractivity contribution is -0.118. The Bertz CT molecular complexity index is 1660. The molecule has 1 N–H and O–H groups in total. The number of benzene rings is 1. The second-order valence-corrected chi connectivity index (χ2v) is 8.57. The van der Waals surface area contributed by atoms with Crippen molar-refractivity contribution in [3.63, 3.8) is 0 Å². The zero-order chi connectivity index (χ0) is 24.5. The van der Waals surface area contributed by atoms with Gasteiger partial charge in [-0.25, -0.2) is 15.0 Å². The Hall–Kier alpha value is -4.92. The summed E-state index contributed by atoms with van der Waals surface area (Å²) in [7, 11) is 0. The van der Waals surface area contributed by atoms with Crippen molar-refractivity contribution in [1.29, 1.82) is 0 Å². The van der Waals surface area contributed by atoms with Crippen molar-refractivity contribution in [3.8, 4) is 28.3 Å². The maximum atomic E-state index is 12.6. The molecule has 6 rings (SSSR count). The Morgan fingerprint density at radius 1 is 1.03 bits per heavy atom. The van der Waals surface area contributed by atoms with Crippen LogP contribution in [0.4, 0.5) is 0 Å². The van der Waals surface area contributed by atoms with Crippen molar-refractivity contribution in [2.75, 3.05) is 0 Å². The highest BCUT2D eigenvalue weighted by atomic mass is 16.5. The molecule has 9 heteroatoms. The molecule has 0 fully saturated rings. The topological polar surface area (TPSA) is 115 Å². The first-order valence-corrected chi connectivity index (χ1v) is 11.4. The van der Waals surface area contributed by atoms with Crippen LogP contribution in [-0.4, -0.2) is 40.4 Å². The van der Waals surface area contributed by atoms with Crippen molar-refractivity contribution in [2.45, 2.75) is 19.8 Å². The summed E-state index contributed by atoms with van der Waals surface area (Å²) in [6.45, 7) is 1.94. The normalized spacial score (nSPS) is 11.2. The summed E-state index contributed by atoms with van der Waals surface area (Å²) < 4.78 is 7.25. The number of ketones is 1. The highest BCUT2D eigenvalue weighted by Crippen LogP contribution is 2.27. The molecule has 0 aliphatic carbocycles. The Morgan fingerprint density at radius 3 is 2.69 bits per heavy atom. The van der Waals surface area contributed by atoms with Crippen LogP contribution in [0.15, 0.2) is 84.3 Å². The third kappa shape index (κ3) is 4.29. The number of Topliss-reactive ketones (excluding diaryl/α,β-unsaturated/α-hetero) is 1. The second-order valence-electron chi connectivity index (χ2n) is 8.57. The van der Waals surface area contributed by atoms with Crippen LogP contribution in [0.3, 0.4) is 0 Å². The van der Waals surface area contributed by atoms with Gasteiger partial charge in [-0.15, -0.1) is 0 Å². The van der Waals surface area contributed by atoms with E-state index >= 15 is 0 Å². The first-order chi connectivity index (χ1) is 17.6. The fourth-order valence-electron chi connectivity index (χ4n) is 4.16. The molecule has 0 amide bonds. The number of nitrogens with one attached hydrogen (secondary N) is 1. The minimum absolute atomic E-state index is 0.0535. The zero-order valence-electron chi connectivity index (χ0n) is 19.4. The maximum Gasteiger partial charge on any atom is 0.150 e. The molecule has 9 nitrogen and oxygen atoms in total. The molecule has 0 saturated heterocycles. The summed E-state index contributed by atoms with van der Waals surface area (Å²) in [4.78, 5) is 33.2. The molecule has 36 heavy (non-hydrogen) atoms. The Labute approximate surface area is 205 Å². The molecule has 5 aromatic heterocycles. The molecule has 176 valence electrons. The molecule has 0 aliphatic rings. The minimum Gasteiger partial charge on any atom is -0.360 e. The van der Waals surface area contributed by atoms with E-state index in [1.54, 1.807) is 24.8 Å². The number of pyridine rings is 1. The van der Waals surface area contributed by atoms with Gasteiger partial charge in [-0.1, -0.05) is 29.4 Å². The quantitative estimate of drug-likeness (QED) is 0.361. The van der Waals surface area contributed by atoms with Gasteiger partial charge in [0.1, 0.15) is 35.5 Å². The highest BCUT2D eigenvalue weighted by Gasteiger charge is 2.14. The smallest absolute Gasteiger partial charge is 0.150 e. The Morgan fingerprint density at radius 2 is 1.92 bits per heavy atom. The number of carbonyl (C=O) groups excluding carboxylic acids is 1. The second kappa shape index (κ2) is 9.03. The lowest BCUT2D eigenvalue weighted by atomic mass is 10.0. The Balaban J connectivity index is 1.16. The van der Waals surface area contributed by atoms with Crippen LogP contribution in [0.2, 0.25) is 0 Å². The molecule has 0 bridgehead atoms. The van der Waals surface area contributed by atoms with Crippen molar-refractivity contribution in [2.24, 2.45) is 0 Å². The predicted molar refractivity (Wildman–Crippen MR) is 133 cm³/mol. The monoisotopic (exact) mass is 475 g/mol. The third-order valence-corrected chi connectivity index (χ3v) is 5.91. The van der Waals surface area contributed by atoms with E-state index < -0.39 is 0 Å². The number of fused-ring (bicyclic) bond motifs is 1. The number of aryl methyl sites for hydroxylation is 1. The summed E-state index contributed by atoms with van der Waals surface area (Å²) in [5, 5.41) is 4.96. The van der Waals surface area contributed by atoms with Gasteiger partial charge in [-0.3, -0.25) is 14.3 Å². The average molecular weight is 476 g/mol.